The molecule has 2 aliphatic rings. The number of nitrogens with zero attached hydrogens (tertiary/aromatic N) is 5. The van der Waals surface area contributed by atoms with Crippen molar-refractivity contribution >= 4 is 17.4 Å². The predicted molar refractivity (Wildman–Crippen MR) is 129 cm³/mol. The molecular formula is C25H28F3N5S. The minimum Gasteiger partial charge on any atom is -0.366 e. The molecule has 3 heterocycles. The van der Waals surface area contributed by atoms with Crippen LogP contribution in [0, 0.1) is 5.92 Å². The van der Waals surface area contributed by atoms with Gasteiger partial charge in [-0.15, -0.1) is 10.2 Å². The zero-order valence-electron chi connectivity index (χ0n) is 19.1. The van der Waals surface area contributed by atoms with E-state index >= 15 is 0 Å². The first kappa shape index (κ1) is 23.2. The Bertz CT molecular complexity index is 1120. The highest BCUT2D eigenvalue weighted by molar-refractivity contribution is 7.99. The molecule has 5 rings (SSSR count). The van der Waals surface area contributed by atoms with Crippen molar-refractivity contribution < 1.29 is 13.2 Å². The standard InChI is InChI=1S/C25H28F3N5S/c1-31-23(18-8-3-2-4-9-18)29-30-24(31)34-15-7-13-32-16-19-12-14-33(22(19)17-32)21-11-6-5-10-20(21)25(26,27)28/h2-6,8-11,19,22H,7,12-17H2,1H3/t19-,22+/m0/s1. The van der Waals surface area contributed by atoms with Crippen LogP contribution in [-0.2, 0) is 13.2 Å². The minimum atomic E-state index is -4.33. The van der Waals surface area contributed by atoms with E-state index in [0.717, 1.165) is 54.8 Å². The van der Waals surface area contributed by atoms with Crippen LogP contribution >= 0.6 is 11.8 Å². The fourth-order valence-corrected chi connectivity index (χ4v) is 6.06. The monoisotopic (exact) mass is 487 g/mol. The van der Waals surface area contributed by atoms with Crippen LogP contribution in [0.4, 0.5) is 18.9 Å². The van der Waals surface area contributed by atoms with E-state index in [4.69, 9.17) is 0 Å². The number of halogens is 3. The quantitative estimate of drug-likeness (QED) is 0.339. The van der Waals surface area contributed by atoms with E-state index in [-0.39, 0.29) is 6.04 Å². The van der Waals surface area contributed by atoms with Crippen molar-refractivity contribution in [2.45, 2.75) is 30.2 Å². The Morgan fingerprint density at radius 3 is 2.56 bits per heavy atom. The molecule has 0 amide bonds. The van der Waals surface area contributed by atoms with Gasteiger partial charge in [0.2, 0.25) is 0 Å². The molecule has 0 unspecified atom stereocenters. The zero-order chi connectivity index (χ0) is 23.7. The van der Waals surface area contributed by atoms with Crippen LogP contribution < -0.4 is 4.90 Å². The molecule has 1 aromatic heterocycles. The Morgan fingerprint density at radius 2 is 1.76 bits per heavy atom. The minimum absolute atomic E-state index is 0.156. The molecule has 2 fully saturated rings. The number of fused-ring (bicyclic) bond motifs is 1. The summed E-state index contributed by atoms with van der Waals surface area (Å²) in [7, 11) is 1.99. The molecule has 0 N–H and O–H groups in total. The normalized spacial score (nSPS) is 20.8. The first-order chi connectivity index (χ1) is 16.4. The van der Waals surface area contributed by atoms with E-state index in [1.165, 1.54) is 12.1 Å². The molecule has 34 heavy (non-hydrogen) atoms. The lowest BCUT2D eigenvalue weighted by Gasteiger charge is -2.29. The van der Waals surface area contributed by atoms with Crippen molar-refractivity contribution in [1.29, 1.82) is 0 Å². The molecule has 9 heteroatoms. The van der Waals surface area contributed by atoms with Crippen molar-refractivity contribution in [2.75, 3.05) is 36.8 Å². The van der Waals surface area contributed by atoms with Crippen LogP contribution in [0.15, 0.2) is 59.8 Å². The summed E-state index contributed by atoms with van der Waals surface area (Å²) in [6.45, 7) is 3.42. The first-order valence-electron chi connectivity index (χ1n) is 11.6. The van der Waals surface area contributed by atoms with E-state index in [1.54, 1.807) is 23.9 Å². The summed E-state index contributed by atoms with van der Waals surface area (Å²) in [5.41, 5.74) is 0.852. The molecule has 0 bridgehead atoms. The fraction of sp³-hybridized carbons (Fsp3) is 0.440. The van der Waals surface area contributed by atoms with Gasteiger partial charge in [0.25, 0.3) is 0 Å². The van der Waals surface area contributed by atoms with Crippen LogP contribution in [0.25, 0.3) is 11.4 Å². The number of likely N-dealkylation sites (tertiary alicyclic amines) is 1. The molecule has 0 radical (unpaired) electrons. The van der Waals surface area contributed by atoms with Gasteiger partial charge in [0, 0.05) is 49.7 Å². The lowest BCUT2D eigenvalue weighted by molar-refractivity contribution is -0.137. The van der Waals surface area contributed by atoms with Gasteiger partial charge in [0.05, 0.1) is 5.56 Å². The van der Waals surface area contributed by atoms with Crippen LogP contribution in [-0.4, -0.2) is 57.6 Å². The topological polar surface area (TPSA) is 37.2 Å². The summed E-state index contributed by atoms with van der Waals surface area (Å²) in [5.74, 6) is 2.21. The van der Waals surface area contributed by atoms with Gasteiger partial charge in [-0.3, -0.25) is 0 Å². The molecule has 0 aliphatic carbocycles. The second-order valence-corrected chi connectivity index (χ2v) is 10.1. The molecule has 2 aromatic carbocycles. The molecule has 5 nitrogen and oxygen atoms in total. The van der Waals surface area contributed by atoms with Crippen molar-refractivity contribution in [3.63, 3.8) is 0 Å². The fourth-order valence-electron chi connectivity index (χ4n) is 5.23. The van der Waals surface area contributed by atoms with Gasteiger partial charge in [0.15, 0.2) is 11.0 Å². The Morgan fingerprint density at radius 1 is 1.00 bits per heavy atom. The van der Waals surface area contributed by atoms with Gasteiger partial charge >= 0.3 is 6.18 Å². The Balaban J connectivity index is 1.15. The van der Waals surface area contributed by atoms with E-state index in [9.17, 15) is 13.2 Å². The van der Waals surface area contributed by atoms with Crippen LogP contribution in [0.2, 0.25) is 0 Å². The number of aromatic nitrogens is 3. The Labute approximate surface area is 202 Å². The zero-order valence-corrected chi connectivity index (χ0v) is 19.9. The summed E-state index contributed by atoms with van der Waals surface area (Å²) < 4.78 is 42.7. The van der Waals surface area contributed by atoms with Gasteiger partial charge in [-0.25, -0.2) is 0 Å². The highest BCUT2D eigenvalue weighted by Gasteiger charge is 2.44. The molecule has 0 saturated carbocycles. The second kappa shape index (κ2) is 9.62. The lowest BCUT2D eigenvalue weighted by Crippen LogP contribution is -2.36. The number of hydrogen-bond donors (Lipinski definition) is 0. The number of rotatable bonds is 7. The highest BCUT2D eigenvalue weighted by atomic mass is 32.2. The maximum Gasteiger partial charge on any atom is 0.418 e. The second-order valence-electron chi connectivity index (χ2n) is 9.02. The molecule has 180 valence electrons. The van der Waals surface area contributed by atoms with Gasteiger partial charge in [0.1, 0.15) is 0 Å². The summed E-state index contributed by atoms with van der Waals surface area (Å²) >= 11 is 1.70. The number of alkyl halides is 3. The lowest BCUT2D eigenvalue weighted by atomic mass is 10.0. The largest absolute Gasteiger partial charge is 0.418 e. The summed E-state index contributed by atoms with van der Waals surface area (Å²) in [5, 5.41) is 9.58. The summed E-state index contributed by atoms with van der Waals surface area (Å²) in [6, 6.07) is 16.2. The molecule has 2 aliphatic heterocycles. The maximum atomic E-state index is 13.5. The average Bonchev–Trinajstić information content (AvgIpc) is 3.51. The predicted octanol–water partition coefficient (Wildman–Crippen LogP) is 5.19. The number of hydrogen-bond acceptors (Lipinski definition) is 5. The average molecular weight is 488 g/mol. The van der Waals surface area contributed by atoms with E-state index in [0.29, 0.717) is 18.2 Å². The molecule has 0 spiro atoms. The Kier molecular flexibility index (Phi) is 6.57. The third kappa shape index (κ3) is 4.68. The Hall–Kier alpha value is -2.52. The van der Waals surface area contributed by atoms with Gasteiger partial charge in [-0.1, -0.05) is 54.2 Å². The van der Waals surface area contributed by atoms with E-state index < -0.39 is 11.7 Å². The first-order valence-corrected chi connectivity index (χ1v) is 12.6. The molecular weight excluding hydrogens is 459 g/mol. The summed E-state index contributed by atoms with van der Waals surface area (Å²) in [4.78, 5) is 4.40. The third-order valence-electron chi connectivity index (χ3n) is 6.86. The van der Waals surface area contributed by atoms with Crippen LogP contribution in [0.5, 0.6) is 0 Å². The van der Waals surface area contributed by atoms with E-state index in [2.05, 4.69) is 15.1 Å². The summed E-state index contributed by atoms with van der Waals surface area (Å²) in [6.07, 6.45) is -2.38. The number of anilines is 1. The molecule has 2 saturated heterocycles. The number of thioether (sulfide) groups is 1. The highest BCUT2D eigenvalue weighted by Crippen LogP contribution is 2.41. The van der Waals surface area contributed by atoms with Crippen LogP contribution in [0.3, 0.4) is 0 Å². The molecule has 2 atom stereocenters. The van der Waals surface area contributed by atoms with Crippen molar-refractivity contribution in [1.82, 2.24) is 19.7 Å². The number of para-hydroxylation sites is 1. The van der Waals surface area contributed by atoms with Crippen molar-refractivity contribution in [3.05, 3.63) is 60.2 Å². The van der Waals surface area contributed by atoms with Gasteiger partial charge < -0.3 is 14.4 Å². The van der Waals surface area contributed by atoms with Crippen LogP contribution in [0.1, 0.15) is 18.4 Å². The number of benzene rings is 2. The van der Waals surface area contributed by atoms with Gasteiger partial charge in [-0.05, 0) is 37.4 Å². The van der Waals surface area contributed by atoms with Crippen molar-refractivity contribution in [2.24, 2.45) is 13.0 Å². The third-order valence-corrected chi connectivity index (χ3v) is 7.97. The van der Waals surface area contributed by atoms with Gasteiger partial charge in [-0.2, -0.15) is 13.2 Å². The van der Waals surface area contributed by atoms with Crippen molar-refractivity contribution in [3.8, 4) is 11.4 Å². The molecule has 3 aromatic rings. The smallest absolute Gasteiger partial charge is 0.366 e. The van der Waals surface area contributed by atoms with E-state index in [1.807, 2.05) is 46.8 Å². The maximum absolute atomic E-state index is 13.5. The SMILES string of the molecule is Cn1c(SCCCN2C[C@@H]3CCN(c4ccccc4C(F)(F)F)[C@@H]3C2)nnc1-c1ccccc1.